The number of benzene rings is 2. The number of ether oxygens (including phenoxy) is 1. The third-order valence-electron chi connectivity index (χ3n) is 3.80. The average Bonchev–Trinajstić information content (AvgIpc) is 2.52. The minimum absolute atomic E-state index is 0.168. The second-order valence-corrected chi connectivity index (χ2v) is 6.09. The normalized spacial score (nSPS) is 11.9. The van der Waals surface area contributed by atoms with Crippen LogP contribution >= 0.6 is 11.6 Å². The Morgan fingerprint density at radius 1 is 1.22 bits per heavy atom. The minimum atomic E-state index is -0.547. The minimum Gasteiger partial charge on any atom is -0.480 e. The summed E-state index contributed by atoms with van der Waals surface area (Å²) in [4.78, 5) is 12.5. The second kappa shape index (κ2) is 7.51. The quantitative estimate of drug-likeness (QED) is 0.831. The highest BCUT2D eigenvalue weighted by atomic mass is 35.5. The van der Waals surface area contributed by atoms with Crippen LogP contribution in [-0.2, 0) is 4.79 Å². The van der Waals surface area contributed by atoms with Gasteiger partial charge >= 0.3 is 0 Å². The van der Waals surface area contributed by atoms with Crippen molar-refractivity contribution >= 4 is 23.2 Å². The summed E-state index contributed by atoms with van der Waals surface area (Å²) in [6.07, 6.45) is 0.0348. The highest BCUT2D eigenvalue weighted by Crippen LogP contribution is 2.25. The molecule has 4 heteroatoms. The molecule has 122 valence electrons. The summed E-state index contributed by atoms with van der Waals surface area (Å²) >= 11 is 6.10. The van der Waals surface area contributed by atoms with Crippen molar-refractivity contribution in [1.29, 1.82) is 0 Å². The van der Waals surface area contributed by atoms with E-state index in [4.69, 9.17) is 16.3 Å². The Morgan fingerprint density at radius 2 is 1.96 bits per heavy atom. The summed E-state index contributed by atoms with van der Waals surface area (Å²) in [5.74, 6) is 0.577. The lowest BCUT2D eigenvalue weighted by Gasteiger charge is -2.19. The topological polar surface area (TPSA) is 38.3 Å². The highest BCUT2D eigenvalue weighted by Gasteiger charge is 2.20. The van der Waals surface area contributed by atoms with Gasteiger partial charge in [0.25, 0.3) is 5.91 Å². The fraction of sp³-hybridized carbons (Fsp3) is 0.316. The Bertz CT molecular complexity index is 713. The number of carbonyl (C=O) groups excluding carboxylic acids is 1. The highest BCUT2D eigenvalue weighted by molar-refractivity contribution is 6.31. The summed E-state index contributed by atoms with van der Waals surface area (Å²) < 4.78 is 5.93. The molecular weight excluding hydrogens is 310 g/mol. The van der Waals surface area contributed by atoms with Crippen LogP contribution in [0, 0.1) is 20.8 Å². The first-order valence-corrected chi connectivity index (χ1v) is 8.10. The molecule has 0 saturated carbocycles. The molecule has 2 rings (SSSR count). The molecule has 0 radical (unpaired) electrons. The molecule has 23 heavy (non-hydrogen) atoms. The summed E-state index contributed by atoms with van der Waals surface area (Å²) in [6.45, 7) is 7.79. The number of carbonyl (C=O) groups is 1. The van der Waals surface area contributed by atoms with E-state index in [0.29, 0.717) is 17.1 Å². The van der Waals surface area contributed by atoms with E-state index in [1.165, 1.54) is 0 Å². The summed E-state index contributed by atoms with van der Waals surface area (Å²) in [5, 5.41) is 3.54. The fourth-order valence-electron chi connectivity index (χ4n) is 2.27. The van der Waals surface area contributed by atoms with Gasteiger partial charge in [-0.05, 0) is 62.1 Å². The first-order valence-electron chi connectivity index (χ1n) is 7.72. The van der Waals surface area contributed by atoms with Gasteiger partial charge in [-0.1, -0.05) is 36.7 Å². The predicted octanol–water partition coefficient (Wildman–Crippen LogP) is 5.06. The zero-order chi connectivity index (χ0) is 17.0. The van der Waals surface area contributed by atoms with Crippen LogP contribution in [0.5, 0.6) is 5.75 Å². The molecule has 0 unspecified atom stereocenters. The predicted molar refractivity (Wildman–Crippen MR) is 95.4 cm³/mol. The van der Waals surface area contributed by atoms with E-state index in [9.17, 15) is 4.79 Å². The fourth-order valence-corrected chi connectivity index (χ4v) is 2.44. The number of nitrogens with one attached hydrogen (secondary N) is 1. The van der Waals surface area contributed by atoms with Crippen LogP contribution in [0.4, 0.5) is 5.69 Å². The monoisotopic (exact) mass is 331 g/mol. The van der Waals surface area contributed by atoms with Crippen LogP contribution in [0.3, 0.4) is 0 Å². The standard InChI is InChI=1S/C19H22ClNO2/c1-5-17(23-18-11-12(2)9-10-13(18)3)19(22)21-16-8-6-7-15(20)14(16)4/h6-11,17H,5H2,1-4H3,(H,21,22)/t17-/m0/s1. The first kappa shape index (κ1) is 17.4. The Labute approximate surface area is 142 Å². The van der Waals surface area contributed by atoms with Crippen molar-refractivity contribution in [2.75, 3.05) is 5.32 Å². The maximum absolute atomic E-state index is 12.5. The van der Waals surface area contributed by atoms with Crippen molar-refractivity contribution in [2.45, 2.75) is 40.2 Å². The molecule has 0 aliphatic heterocycles. The molecule has 2 aromatic rings. The Kier molecular flexibility index (Phi) is 5.67. The lowest BCUT2D eigenvalue weighted by molar-refractivity contribution is -0.122. The maximum Gasteiger partial charge on any atom is 0.265 e. The zero-order valence-corrected chi connectivity index (χ0v) is 14.7. The van der Waals surface area contributed by atoms with E-state index in [0.717, 1.165) is 22.4 Å². The van der Waals surface area contributed by atoms with Gasteiger partial charge in [-0.15, -0.1) is 0 Å². The Hall–Kier alpha value is -2.00. The van der Waals surface area contributed by atoms with E-state index in [1.807, 2.05) is 58.0 Å². The molecule has 1 amide bonds. The number of amides is 1. The second-order valence-electron chi connectivity index (χ2n) is 5.69. The third-order valence-corrected chi connectivity index (χ3v) is 4.21. The third kappa shape index (κ3) is 4.26. The SMILES string of the molecule is CC[C@H](Oc1cc(C)ccc1C)C(=O)Nc1cccc(Cl)c1C. The van der Waals surface area contributed by atoms with Gasteiger partial charge in [0.1, 0.15) is 5.75 Å². The molecule has 3 nitrogen and oxygen atoms in total. The van der Waals surface area contributed by atoms with Gasteiger partial charge in [0, 0.05) is 10.7 Å². The van der Waals surface area contributed by atoms with E-state index < -0.39 is 6.10 Å². The summed E-state index contributed by atoms with van der Waals surface area (Å²) in [7, 11) is 0. The molecule has 0 fully saturated rings. The smallest absolute Gasteiger partial charge is 0.265 e. The molecule has 0 aliphatic rings. The van der Waals surface area contributed by atoms with Gasteiger partial charge < -0.3 is 10.1 Å². The lowest BCUT2D eigenvalue weighted by atomic mass is 10.1. The molecule has 0 heterocycles. The van der Waals surface area contributed by atoms with E-state index in [-0.39, 0.29) is 5.91 Å². The Balaban J connectivity index is 2.15. The van der Waals surface area contributed by atoms with Gasteiger partial charge in [-0.2, -0.15) is 0 Å². The number of aryl methyl sites for hydroxylation is 2. The van der Waals surface area contributed by atoms with Crippen LogP contribution in [-0.4, -0.2) is 12.0 Å². The van der Waals surface area contributed by atoms with Gasteiger partial charge in [-0.3, -0.25) is 4.79 Å². The van der Waals surface area contributed by atoms with Crippen LogP contribution < -0.4 is 10.1 Å². The molecule has 0 saturated heterocycles. The number of anilines is 1. The van der Waals surface area contributed by atoms with Gasteiger partial charge in [-0.25, -0.2) is 0 Å². The molecule has 2 aromatic carbocycles. The first-order chi connectivity index (χ1) is 10.9. The molecule has 0 spiro atoms. The van der Waals surface area contributed by atoms with Crippen LogP contribution in [0.1, 0.15) is 30.0 Å². The molecule has 1 N–H and O–H groups in total. The molecule has 0 bridgehead atoms. The van der Waals surface area contributed by atoms with Gasteiger partial charge in [0.15, 0.2) is 6.10 Å². The van der Waals surface area contributed by atoms with Crippen molar-refractivity contribution in [3.05, 3.63) is 58.1 Å². The van der Waals surface area contributed by atoms with Gasteiger partial charge in [0.2, 0.25) is 0 Å². The van der Waals surface area contributed by atoms with Crippen molar-refractivity contribution in [3.8, 4) is 5.75 Å². The lowest BCUT2D eigenvalue weighted by Crippen LogP contribution is -2.32. The molecular formula is C19H22ClNO2. The van der Waals surface area contributed by atoms with Crippen molar-refractivity contribution in [2.24, 2.45) is 0 Å². The molecule has 0 aliphatic carbocycles. The number of hydrogen-bond donors (Lipinski definition) is 1. The molecule has 1 atom stereocenters. The largest absolute Gasteiger partial charge is 0.480 e. The maximum atomic E-state index is 12.5. The molecule has 0 aromatic heterocycles. The van der Waals surface area contributed by atoms with Crippen LogP contribution in [0.15, 0.2) is 36.4 Å². The Morgan fingerprint density at radius 3 is 2.65 bits per heavy atom. The van der Waals surface area contributed by atoms with Crippen LogP contribution in [0.25, 0.3) is 0 Å². The van der Waals surface area contributed by atoms with Gasteiger partial charge in [0.05, 0.1) is 0 Å². The summed E-state index contributed by atoms with van der Waals surface area (Å²) in [5.41, 5.74) is 3.68. The van der Waals surface area contributed by atoms with E-state index in [2.05, 4.69) is 5.32 Å². The van der Waals surface area contributed by atoms with Crippen molar-refractivity contribution in [3.63, 3.8) is 0 Å². The van der Waals surface area contributed by atoms with E-state index in [1.54, 1.807) is 6.07 Å². The number of halogens is 1. The number of hydrogen-bond acceptors (Lipinski definition) is 2. The average molecular weight is 332 g/mol. The number of rotatable bonds is 5. The summed E-state index contributed by atoms with van der Waals surface area (Å²) in [6, 6.07) is 11.4. The zero-order valence-electron chi connectivity index (χ0n) is 13.9. The van der Waals surface area contributed by atoms with Crippen molar-refractivity contribution < 1.29 is 9.53 Å². The van der Waals surface area contributed by atoms with Crippen molar-refractivity contribution in [1.82, 2.24) is 0 Å². The van der Waals surface area contributed by atoms with Crippen LogP contribution in [0.2, 0.25) is 5.02 Å². The van der Waals surface area contributed by atoms with E-state index >= 15 is 0 Å².